The number of rotatable bonds is 5. The predicted molar refractivity (Wildman–Crippen MR) is 114 cm³/mol. The number of hydrogen-bond acceptors (Lipinski definition) is 6. The van der Waals surface area contributed by atoms with Gasteiger partial charge in [0, 0.05) is 23.3 Å². The molecule has 31 heavy (non-hydrogen) atoms. The van der Waals surface area contributed by atoms with Crippen molar-refractivity contribution in [2.24, 2.45) is 0 Å². The van der Waals surface area contributed by atoms with Gasteiger partial charge in [0.25, 0.3) is 5.91 Å². The molecule has 0 unspecified atom stereocenters. The Balaban J connectivity index is 1.25. The quantitative estimate of drug-likeness (QED) is 0.583. The molecular formula is C22H23FN4O3S. The van der Waals surface area contributed by atoms with E-state index in [0.29, 0.717) is 22.2 Å². The first-order chi connectivity index (χ1) is 15.1. The van der Waals surface area contributed by atoms with Gasteiger partial charge in [-0.15, -0.1) is 11.3 Å². The zero-order chi connectivity index (χ0) is 21.6. The Hall–Kier alpha value is -3.07. The third-order valence-corrected chi connectivity index (χ3v) is 6.41. The van der Waals surface area contributed by atoms with E-state index < -0.39 is 0 Å². The van der Waals surface area contributed by atoms with Gasteiger partial charge < -0.3 is 4.52 Å². The van der Waals surface area contributed by atoms with Gasteiger partial charge in [-0.25, -0.2) is 4.39 Å². The number of aryl methyl sites for hydroxylation is 3. The number of amides is 2. The van der Waals surface area contributed by atoms with Crippen molar-refractivity contribution in [1.82, 2.24) is 21.0 Å². The molecule has 3 aromatic rings. The van der Waals surface area contributed by atoms with Crippen LogP contribution in [-0.4, -0.2) is 22.0 Å². The monoisotopic (exact) mass is 442 g/mol. The van der Waals surface area contributed by atoms with E-state index in [0.717, 1.165) is 25.7 Å². The number of carbonyl (C=O) groups is 2. The second kappa shape index (κ2) is 9.82. The number of hydrazine groups is 1. The number of nitrogens with one attached hydrogen (secondary N) is 2. The average Bonchev–Trinajstić information content (AvgIpc) is 3.38. The second-order valence-electron chi connectivity index (χ2n) is 7.49. The summed E-state index contributed by atoms with van der Waals surface area (Å²) in [6.45, 7) is 0. The Morgan fingerprint density at radius 1 is 1.06 bits per heavy atom. The lowest BCUT2D eigenvalue weighted by molar-refractivity contribution is -0.121. The van der Waals surface area contributed by atoms with Crippen LogP contribution in [0.4, 0.5) is 4.39 Å². The third kappa shape index (κ3) is 5.55. The van der Waals surface area contributed by atoms with Crippen molar-refractivity contribution < 1.29 is 18.5 Å². The van der Waals surface area contributed by atoms with E-state index in [9.17, 15) is 14.0 Å². The van der Waals surface area contributed by atoms with E-state index >= 15 is 0 Å². The molecule has 4 rings (SSSR count). The molecule has 0 bridgehead atoms. The van der Waals surface area contributed by atoms with Gasteiger partial charge in [-0.1, -0.05) is 18.0 Å². The summed E-state index contributed by atoms with van der Waals surface area (Å²) in [5.74, 6) is -0.387. The van der Waals surface area contributed by atoms with E-state index in [-0.39, 0.29) is 30.5 Å². The van der Waals surface area contributed by atoms with Crippen LogP contribution in [0.15, 0.2) is 34.9 Å². The summed E-state index contributed by atoms with van der Waals surface area (Å²) in [5, 5.41) is 3.84. The molecule has 9 heteroatoms. The summed E-state index contributed by atoms with van der Waals surface area (Å²) in [6, 6.07) is 7.68. The van der Waals surface area contributed by atoms with Gasteiger partial charge >= 0.3 is 0 Å². The molecule has 0 spiro atoms. The Kier molecular flexibility index (Phi) is 6.71. The number of thiophene rings is 1. The van der Waals surface area contributed by atoms with Gasteiger partial charge in [-0.3, -0.25) is 20.4 Å². The molecule has 2 N–H and O–H groups in total. The lowest BCUT2D eigenvalue weighted by Crippen LogP contribution is -2.41. The fourth-order valence-corrected chi connectivity index (χ4v) is 4.65. The Bertz CT molecular complexity index is 1040. The van der Waals surface area contributed by atoms with Gasteiger partial charge in [0.05, 0.1) is 4.88 Å². The van der Waals surface area contributed by atoms with Crippen LogP contribution in [0.2, 0.25) is 0 Å². The zero-order valence-corrected chi connectivity index (χ0v) is 17.8. The third-order valence-electron chi connectivity index (χ3n) is 5.17. The lowest BCUT2D eigenvalue weighted by Gasteiger charge is -2.07. The standard InChI is InChI=1S/C22H23FN4O3S/c23-16-9-7-14(8-10-16)21-24-20(30-27-21)12-11-19(28)25-26-22(29)18-13-15-5-3-1-2-4-6-17(15)31-18/h7-10,13H,1-6,11-12H2,(H,25,28)(H,26,29). The first kappa shape index (κ1) is 21.2. The van der Waals surface area contributed by atoms with Crippen LogP contribution >= 0.6 is 11.3 Å². The summed E-state index contributed by atoms with van der Waals surface area (Å²) >= 11 is 1.51. The molecule has 162 valence electrons. The number of nitrogens with zero attached hydrogens (tertiary/aromatic N) is 2. The maximum Gasteiger partial charge on any atom is 0.279 e. The van der Waals surface area contributed by atoms with Crippen LogP contribution in [0, 0.1) is 5.82 Å². The smallest absolute Gasteiger partial charge is 0.279 e. The van der Waals surface area contributed by atoms with Crippen molar-refractivity contribution in [2.75, 3.05) is 0 Å². The van der Waals surface area contributed by atoms with Gasteiger partial charge in [-0.05, 0) is 61.6 Å². The molecule has 0 saturated carbocycles. The minimum atomic E-state index is -0.357. The number of benzene rings is 1. The van der Waals surface area contributed by atoms with Crippen LogP contribution in [0.3, 0.4) is 0 Å². The van der Waals surface area contributed by atoms with Gasteiger partial charge in [0.15, 0.2) is 0 Å². The van der Waals surface area contributed by atoms with E-state index in [1.807, 2.05) is 6.07 Å². The molecule has 0 fully saturated rings. The molecule has 1 aromatic carbocycles. The average molecular weight is 443 g/mol. The van der Waals surface area contributed by atoms with Crippen molar-refractivity contribution in [3.05, 3.63) is 57.4 Å². The molecule has 0 atom stereocenters. The maximum atomic E-state index is 13.0. The molecule has 1 aliphatic rings. The highest BCUT2D eigenvalue weighted by atomic mass is 32.1. The minimum Gasteiger partial charge on any atom is -0.339 e. The Morgan fingerprint density at radius 3 is 2.65 bits per heavy atom. The number of fused-ring (bicyclic) bond motifs is 1. The summed E-state index contributed by atoms with van der Waals surface area (Å²) in [5.41, 5.74) is 6.80. The van der Waals surface area contributed by atoms with Crippen LogP contribution in [0.5, 0.6) is 0 Å². The van der Waals surface area contributed by atoms with Crippen molar-refractivity contribution in [2.45, 2.75) is 51.4 Å². The predicted octanol–water partition coefficient (Wildman–Crippen LogP) is 3.99. The van der Waals surface area contributed by atoms with Crippen molar-refractivity contribution in [1.29, 1.82) is 0 Å². The van der Waals surface area contributed by atoms with Crippen LogP contribution in [0.25, 0.3) is 11.4 Å². The topological polar surface area (TPSA) is 97.1 Å². The Labute approximate surface area is 183 Å². The van der Waals surface area contributed by atoms with Crippen LogP contribution in [-0.2, 0) is 24.1 Å². The fraction of sp³-hybridized carbons (Fsp3) is 0.364. The molecule has 1 aliphatic carbocycles. The molecule has 7 nitrogen and oxygen atoms in total. The highest BCUT2D eigenvalue weighted by molar-refractivity contribution is 7.14. The van der Waals surface area contributed by atoms with Crippen molar-refractivity contribution in [3.8, 4) is 11.4 Å². The normalized spacial score (nSPS) is 13.7. The first-order valence-electron chi connectivity index (χ1n) is 10.4. The van der Waals surface area contributed by atoms with E-state index in [4.69, 9.17) is 4.52 Å². The summed E-state index contributed by atoms with van der Waals surface area (Å²) in [7, 11) is 0. The molecule has 0 aliphatic heterocycles. The second-order valence-corrected chi connectivity index (χ2v) is 8.63. The van der Waals surface area contributed by atoms with E-state index in [1.165, 1.54) is 46.8 Å². The van der Waals surface area contributed by atoms with Crippen molar-refractivity contribution >= 4 is 23.2 Å². The number of aromatic nitrogens is 2. The first-order valence-corrected chi connectivity index (χ1v) is 11.2. The number of hydrogen-bond donors (Lipinski definition) is 2. The fourth-order valence-electron chi connectivity index (χ4n) is 3.50. The largest absolute Gasteiger partial charge is 0.339 e. The zero-order valence-electron chi connectivity index (χ0n) is 16.9. The highest BCUT2D eigenvalue weighted by Gasteiger charge is 2.17. The minimum absolute atomic E-state index is 0.0757. The van der Waals surface area contributed by atoms with E-state index in [2.05, 4.69) is 21.0 Å². The number of halogens is 1. The van der Waals surface area contributed by atoms with Crippen molar-refractivity contribution in [3.63, 3.8) is 0 Å². The van der Waals surface area contributed by atoms with Gasteiger partial charge in [0.1, 0.15) is 5.82 Å². The molecular weight excluding hydrogens is 419 g/mol. The molecule has 2 amide bonds. The summed E-state index contributed by atoms with van der Waals surface area (Å²) in [4.78, 5) is 30.6. The highest BCUT2D eigenvalue weighted by Crippen LogP contribution is 2.28. The SMILES string of the molecule is O=C(CCc1nc(-c2ccc(F)cc2)no1)NNC(=O)c1cc2c(s1)CCCCCC2. The van der Waals surface area contributed by atoms with Gasteiger partial charge in [0.2, 0.25) is 17.6 Å². The molecule has 0 saturated heterocycles. The van der Waals surface area contributed by atoms with E-state index in [1.54, 1.807) is 12.1 Å². The van der Waals surface area contributed by atoms with Crippen LogP contribution in [0.1, 0.15) is 58.1 Å². The number of carbonyl (C=O) groups excluding carboxylic acids is 2. The summed E-state index contributed by atoms with van der Waals surface area (Å²) < 4.78 is 18.2. The molecule has 2 aromatic heterocycles. The van der Waals surface area contributed by atoms with Gasteiger partial charge in [-0.2, -0.15) is 4.98 Å². The summed E-state index contributed by atoms with van der Waals surface area (Å²) in [6.07, 6.45) is 7.11. The van der Waals surface area contributed by atoms with Crippen LogP contribution < -0.4 is 10.9 Å². The Morgan fingerprint density at radius 2 is 1.84 bits per heavy atom. The lowest BCUT2D eigenvalue weighted by atomic mass is 10.00. The molecule has 0 radical (unpaired) electrons. The maximum absolute atomic E-state index is 13.0. The molecule has 2 heterocycles.